The summed E-state index contributed by atoms with van der Waals surface area (Å²) in [4.78, 5) is 12.2. The molecule has 0 aromatic heterocycles. The summed E-state index contributed by atoms with van der Waals surface area (Å²) in [6.07, 6.45) is 2.21. The molecule has 1 aliphatic rings. The zero-order valence-electron chi connectivity index (χ0n) is 10.9. The second kappa shape index (κ2) is 4.61. The lowest BCUT2D eigenvalue weighted by molar-refractivity contribution is 0.0895. The van der Waals surface area contributed by atoms with Crippen molar-refractivity contribution in [3.05, 3.63) is 29.3 Å². The molecule has 18 heavy (non-hydrogen) atoms. The van der Waals surface area contributed by atoms with E-state index < -0.39 is 0 Å². The molecule has 1 fully saturated rings. The van der Waals surface area contributed by atoms with Crippen LogP contribution in [-0.4, -0.2) is 23.1 Å². The van der Waals surface area contributed by atoms with E-state index in [2.05, 4.69) is 5.32 Å². The molecule has 0 radical (unpaired) electrons. The number of carbonyl (C=O) groups excluding carboxylic acids is 1. The van der Waals surface area contributed by atoms with Gasteiger partial charge in [0.15, 0.2) is 0 Å². The van der Waals surface area contributed by atoms with Crippen LogP contribution >= 0.6 is 0 Å². The van der Waals surface area contributed by atoms with Gasteiger partial charge in [-0.05, 0) is 44.2 Å². The Morgan fingerprint density at radius 2 is 2.22 bits per heavy atom. The minimum Gasteiger partial charge on any atom is -0.507 e. The number of amides is 1. The van der Waals surface area contributed by atoms with Crippen molar-refractivity contribution in [2.24, 2.45) is 11.7 Å². The van der Waals surface area contributed by atoms with Crippen LogP contribution in [0.1, 0.15) is 35.7 Å². The highest BCUT2D eigenvalue weighted by Gasteiger charge is 2.41. The Kier molecular flexibility index (Phi) is 3.30. The average Bonchev–Trinajstić information content (AvgIpc) is 3.16. The monoisotopic (exact) mass is 248 g/mol. The third-order valence-corrected chi connectivity index (χ3v) is 3.78. The van der Waals surface area contributed by atoms with Crippen molar-refractivity contribution in [2.45, 2.75) is 32.2 Å². The minimum absolute atomic E-state index is 0.0465. The van der Waals surface area contributed by atoms with E-state index in [0.29, 0.717) is 23.6 Å². The largest absolute Gasteiger partial charge is 0.507 e. The summed E-state index contributed by atoms with van der Waals surface area (Å²) in [6, 6.07) is 5.16. The molecule has 4 nitrogen and oxygen atoms in total. The number of rotatable bonds is 4. The zero-order chi connectivity index (χ0) is 13.3. The molecular formula is C14H20N2O2. The first-order chi connectivity index (χ1) is 8.48. The Labute approximate surface area is 107 Å². The van der Waals surface area contributed by atoms with Crippen LogP contribution in [0.15, 0.2) is 18.2 Å². The number of phenolic OH excluding ortho intramolecular Hbond substituents is 1. The predicted molar refractivity (Wildman–Crippen MR) is 70.5 cm³/mol. The summed E-state index contributed by atoms with van der Waals surface area (Å²) in [5, 5.41) is 12.9. The number of aromatic hydroxyl groups is 1. The quantitative estimate of drug-likeness (QED) is 0.757. The van der Waals surface area contributed by atoms with Gasteiger partial charge in [-0.1, -0.05) is 12.1 Å². The standard InChI is InChI=1S/C14H20N2O2/c1-9-4-3-5-11(12(9)17)13(18)16-14(2,8-15)10-6-7-10/h3-5,10,17H,6-8,15H2,1-2H3,(H,16,18). The van der Waals surface area contributed by atoms with Gasteiger partial charge in [-0.3, -0.25) is 4.79 Å². The van der Waals surface area contributed by atoms with Crippen LogP contribution < -0.4 is 11.1 Å². The van der Waals surface area contributed by atoms with E-state index >= 15 is 0 Å². The van der Waals surface area contributed by atoms with Crippen LogP contribution in [0.3, 0.4) is 0 Å². The van der Waals surface area contributed by atoms with Crippen LogP contribution in [-0.2, 0) is 0 Å². The lowest BCUT2D eigenvalue weighted by Crippen LogP contribution is -2.53. The van der Waals surface area contributed by atoms with Crippen molar-refractivity contribution >= 4 is 5.91 Å². The maximum absolute atomic E-state index is 12.2. The molecule has 0 aliphatic heterocycles. The molecule has 0 heterocycles. The van der Waals surface area contributed by atoms with E-state index in [1.807, 2.05) is 6.92 Å². The van der Waals surface area contributed by atoms with Crippen molar-refractivity contribution < 1.29 is 9.90 Å². The molecule has 1 atom stereocenters. The third-order valence-electron chi connectivity index (χ3n) is 3.78. The number of phenols is 1. The molecular weight excluding hydrogens is 228 g/mol. The zero-order valence-corrected chi connectivity index (χ0v) is 10.9. The first-order valence-corrected chi connectivity index (χ1v) is 6.29. The van der Waals surface area contributed by atoms with Crippen LogP contribution in [0, 0.1) is 12.8 Å². The fourth-order valence-electron chi connectivity index (χ4n) is 2.21. The normalized spacial score (nSPS) is 18.2. The molecule has 1 amide bonds. The number of nitrogens with one attached hydrogen (secondary N) is 1. The van der Waals surface area contributed by atoms with Crippen LogP contribution in [0.25, 0.3) is 0 Å². The van der Waals surface area contributed by atoms with Crippen LogP contribution in [0.4, 0.5) is 0 Å². The molecule has 4 heteroatoms. The van der Waals surface area contributed by atoms with E-state index in [9.17, 15) is 9.90 Å². The van der Waals surface area contributed by atoms with Gasteiger partial charge in [-0.25, -0.2) is 0 Å². The van der Waals surface area contributed by atoms with Crippen molar-refractivity contribution in [1.29, 1.82) is 0 Å². The summed E-state index contributed by atoms with van der Waals surface area (Å²) < 4.78 is 0. The topological polar surface area (TPSA) is 75.4 Å². The third kappa shape index (κ3) is 2.34. The second-order valence-electron chi connectivity index (χ2n) is 5.32. The second-order valence-corrected chi connectivity index (χ2v) is 5.32. The van der Waals surface area contributed by atoms with Crippen molar-refractivity contribution in [3.8, 4) is 5.75 Å². The molecule has 1 aliphatic carbocycles. The predicted octanol–water partition coefficient (Wildman–Crippen LogP) is 1.56. The number of nitrogens with two attached hydrogens (primary N) is 1. The lowest BCUT2D eigenvalue weighted by Gasteiger charge is -2.29. The van der Waals surface area contributed by atoms with E-state index in [1.54, 1.807) is 25.1 Å². The van der Waals surface area contributed by atoms with Crippen LogP contribution in [0.2, 0.25) is 0 Å². The van der Waals surface area contributed by atoms with Gasteiger partial charge in [-0.15, -0.1) is 0 Å². The molecule has 2 rings (SSSR count). The fourth-order valence-corrected chi connectivity index (χ4v) is 2.21. The van der Waals surface area contributed by atoms with Crippen LogP contribution in [0.5, 0.6) is 5.75 Å². The van der Waals surface area contributed by atoms with Gasteiger partial charge in [0.2, 0.25) is 0 Å². The molecule has 1 aromatic carbocycles. The first kappa shape index (κ1) is 12.9. The summed E-state index contributed by atoms with van der Waals surface area (Å²) in [6.45, 7) is 4.15. The summed E-state index contributed by atoms with van der Waals surface area (Å²) in [5.41, 5.74) is 6.41. The minimum atomic E-state index is -0.368. The summed E-state index contributed by atoms with van der Waals surface area (Å²) >= 11 is 0. The smallest absolute Gasteiger partial charge is 0.255 e. The number of para-hydroxylation sites is 1. The van der Waals surface area contributed by atoms with Gasteiger partial charge in [-0.2, -0.15) is 0 Å². The Hall–Kier alpha value is -1.55. The van der Waals surface area contributed by atoms with E-state index in [0.717, 1.165) is 12.8 Å². The number of hydrogen-bond acceptors (Lipinski definition) is 3. The molecule has 1 saturated carbocycles. The molecule has 0 saturated heterocycles. The van der Waals surface area contributed by atoms with Gasteiger partial charge in [0, 0.05) is 6.54 Å². The highest BCUT2D eigenvalue weighted by molar-refractivity contribution is 5.97. The number of benzene rings is 1. The molecule has 1 aromatic rings. The van der Waals surface area contributed by atoms with E-state index in [1.165, 1.54) is 0 Å². The SMILES string of the molecule is Cc1cccc(C(=O)NC(C)(CN)C2CC2)c1O. The van der Waals surface area contributed by atoms with Crippen molar-refractivity contribution in [1.82, 2.24) is 5.32 Å². The van der Waals surface area contributed by atoms with Gasteiger partial charge in [0.1, 0.15) is 5.75 Å². The van der Waals surface area contributed by atoms with Gasteiger partial charge in [0.25, 0.3) is 5.91 Å². The summed E-state index contributed by atoms with van der Waals surface area (Å²) in [7, 11) is 0. The molecule has 0 bridgehead atoms. The highest BCUT2D eigenvalue weighted by atomic mass is 16.3. The van der Waals surface area contributed by atoms with E-state index in [4.69, 9.17) is 5.73 Å². The Bertz CT molecular complexity index is 469. The highest BCUT2D eigenvalue weighted by Crippen LogP contribution is 2.39. The first-order valence-electron chi connectivity index (χ1n) is 6.29. The molecule has 4 N–H and O–H groups in total. The molecule has 0 spiro atoms. The number of aryl methyl sites for hydroxylation is 1. The summed E-state index contributed by atoms with van der Waals surface area (Å²) in [5.74, 6) is 0.250. The van der Waals surface area contributed by atoms with E-state index in [-0.39, 0.29) is 17.2 Å². The lowest BCUT2D eigenvalue weighted by atomic mass is 9.95. The number of carbonyl (C=O) groups is 1. The maximum atomic E-state index is 12.2. The average molecular weight is 248 g/mol. The number of hydrogen-bond donors (Lipinski definition) is 3. The molecule has 98 valence electrons. The van der Waals surface area contributed by atoms with Crippen molar-refractivity contribution in [2.75, 3.05) is 6.54 Å². The Morgan fingerprint density at radius 1 is 1.56 bits per heavy atom. The Morgan fingerprint density at radius 3 is 2.78 bits per heavy atom. The fraction of sp³-hybridized carbons (Fsp3) is 0.500. The Balaban J connectivity index is 2.19. The van der Waals surface area contributed by atoms with Gasteiger partial charge < -0.3 is 16.2 Å². The van der Waals surface area contributed by atoms with Crippen molar-refractivity contribution in [3.63, 3.8) is 0 Å². The molecule has 1 unspecified atom stereocenters. The van der Waals surface area contributed by atoms with Gasteiger partial charge >= 0.3 is 0 Å². The maximum Gasteiger partial charge on any atom is 0.255 e. The van der Waals surface area contributed by atoms with Gasteiger partial charge in [0.05, 0.1) is 11.1 Å².